The Labute approximate surface area is 116 Å². The van der Waals surface area contributed by atoms with E-state index in [1.807, 2.05) is 18.2 Å². The third kappa shape index (κ3) is 2.59. The highest BCUT2D eigenvalue weighted by molar-refractivity contribution is 5.65. The van der Waals surface area contributed by atoms with E-state index in [9.17, 15) is 0 Å². The van der Waals surface area contributed by atoms with Gasteiger partial charge in [0, 0.05) is 14.1 Å². The van der Waals surface area contributed by atoms with Crippen molar-refractivity contribution in [3.8, 4) is 12.1 Å². The van der Waals surface area contributed by atoms with Crippen LogP contribution in [-0.2, 0) is 0 Å². The van der Waals surface area contributed by atoms with Crippen LogP contribution >= 0.6 is 0 Å². The lowest BCUT2D eigenvalue weighted by Gasteiger charge is -2.18. The minimum atomic E-state index is 0.209. The van der Waals surface area contributed by atoms with Crippen molar-refractivity contribution in [2.75, 3.05) is 31.4 Å². The Morgan fingerprint density at radius 2 is 2.00 bits per heavy atom. The summed E-state index contributed by atoms with van der Waals surface area (Å²) in [7, 11) is 4.98. The molecule has 0 bridgehead atoms. The molecule has 0 aliphatic rings. The maximum Gasteiger partial charge on any atom is 0.322 e. The van der Waals surface area contributed by atoms with Gasteiger partial charge < -0.3 is 15.0 Å². The van der Waals surface area contributed by atoms with Crippen LogP contribution in [-0.4, -0.2) is 36.2 Å². The van der Waals surface area contributed by atoms with Crippen LogP contribution in [0, 0.1) is 11.3 Å². The first-order valence-corrected chi connectivity index (χ1v) is 5.90. The highest BCUT2D eigenvalue weighted by Crippen LogP contribution is 2.25. The number of nitrogens with zero attached hydrogens (tertiary/aromatic N) is 5. The van der Waals surface area contributed by atoms with Gasteiger partial charge in [0.1, 0.15) is 6.07 Å². The fraction of sp³-hybridized carbons (Fsp3) is 0.231. The van der Waals surface area contributed by atoms with Gasteiger partial charge in [-0.2, -0.15) is 20.2 Å². The molecule has 0 unspecified atom stereocenters. The van der Waals surface area contributed by atoms with Crippen molar-refractivity contribution in [2.24, 2.45) is 0 Å². The lowest BCUT2D eigenvalue weighted by molar-refractivity contribution is 0.379. The van der Waals surface area contributed by atoms with Gasteiger partial charge in [0.25, 0.3) is 0 Å². The maximum atomic E-state index is 9.15. The SMILES string of the molecule is CNc1nc(OC)nc(N(C)c2ccccc2C#N)n1. The smallest absolute Gasteiger partial charge is 0.322 e. The molecule has 1 aromatic carbocycles. The van der Waals surface area contributed by atoms with E-state index in [2.05, 4.69) is 26.3 Å². The molecule has 20 heavy (non-hydrogen) atoms. The number of hydrogen-bond acceptors (Lipinski definition) is 7. The Kier molecular flexibility index (Phi) is 3.96. The molecule has 1 N–H and O–H groups in total. The summed E-state index contributed by atoms with van der Waals surface area (Å²) in [6.45, 7) is 0. The number of nitrogens with one attached hydrogen (secondary N) is 1. The molecule has 0 spiro atoms. The number of anilines is 3. The number of nitriles is 1. The normalized spacial score (nSPS) is 9.70. The van der Waals surface area contributed by atoms with Crippen molar-refractivity contribution in [1.29, 1.82) is 5.26 Å². The Bertz CT molecular complexity index is 629. The molecule has 1 aromatic heterocycles. The van der Waals surface area contributed by atoms with Crippen LogP contribution in [0.25, 0.3) is 0 Å². The third-order valence-electron chi connectivity index (χ3n) is 2.70. The van der Waals surface area contributed by atoms with Crippen molar-refractivity contribution in [3.05, 3.63) is 29.8 Å². The molecular weight excluding hydrogens is 256 g/mol. The second-order valence-corrected chi connectivity index (χ2v) is 3.88. The zero-order valence-corrected chi connectivity index (χ0v) is 11.5. The first-order valence-electron chi connectivity index (χ1n) is 5.90. The van der Waals surface area contributed by atoms with Crippen molar-refractivity contribution in [3.63, 3.8) is 0 Å². The maximum absolute atomic E-state index is 9.15. The van der Waals surface area contributed by atoms with E-state index >= 15 is 0 Å². The monoisotopic (exact) mass is 270 g/mol. The Morgan fingerprint density at radius 1 is 1.25 bits per heavy atom. The second kappa shape index (κ2) is 5.84. The third-order valence-corrected chi connectivity index (χ3v) is 2.70. The summed E-state index contributed by atoms with van der Waals surface area (Å²) < 4.78 is 5.05. The molecule has 0 radical (unpaired) electrons. The van der Waals surface area contributed by atoms with Crippen LogP contribution in [0.15, 0.2) is 24.3 Å². The molecule has 2 aromatic rings. The molecule has 2 rings (SSSR count). The largest absolute Gasteiger partial charge is 0.467 e. The average molecular weight is 270 g/mol. The number of rotatable bonds is 4. The van der Waals surface area contributed by atoms with E-state index in [0.29, 0.717) is 23.1 Å². The number of benzene rings is 1. The van der Waals surface area contributed by atoms with Gasteiger partial charge in [0.05, 0.1) is 18.4 Å². The van der Waals surface area contributed by atoms with E-state index < -0.39 is 0 Å². The highest BCUT2D eigenvalue weighted by atomic mass is 16.5. The van der Waals surface area contributed by atoms with Crippen LogP contribution in [0.5, 0.6) is 6.01 Å². The summed E-state index contributed by atoms with van der Waals surface area (Å²) in [5.74, 6) is 0.789. The van der Waals surface area contributed by atoms with Crippen molar-refractivity contribution in [2.45, 2.75) is 0 Å². The van der Waals surface area contributed by atoms with Crippen LogP contribution in [0.1, 0.15) is 5.56 Å². The predicted octanol–water partition coefficient (Wildman–Crippen LogP) is 1.56. The minimum Gasteiger partial charge on any atom is -0.467 e. The van der Waals surface area contributed by atoms with E-state index in [0.717, 1.165) is 0 Å². The highest BCUT2D eigenvalue weighted by Gasteiger charge is 2.14. The van der Waals surface area contributed by atoms with Gasteiger partial charge >= 0.3 is 6.01 Å². The van der Waals surface area contributed by atoms with Crippen molar-refractivity contribution >= 4 is 17.6 Å². The van der Waals surface area contributed by atoms with Gasteiger partial charge in [-0.25, -0.2) is 0 Å². The predicted molar refractivity (Wildman–Crippen MR) is 75.1 cm³/mol. The van der Waals surface area contributed by atoms with E-state index in [4.69, 9.17) is 10.00 Å². The molecule has 7 heteroatoms. The van der Waals surface area contributed by atoms with Crippen LogP contribution in [0.2, 0.25) is 0 Å². The molecule has 0 aliphatic heterocycles. The van der Waals surface area contributed by atoms with E-state index in [-0.39, 0.29) is 6.01 Å². The molecule has 0 amide bonds. The van der Waals surface area contributed by atoms with Crippen LogP contribution in [0.3, 0.4) is 0 Å². The van der Waals surface area contributed by atoms with Crippen LogP contribution < -0.4 is 15.0 Å². The number of para-hydroxylation sites is 1. The molecule has 7 nitrogen and oxygen atoms in total. The molecule has 1 heterocycles. The number of aromatic nitrogens is 3. The average Bonchev–Trinajstić information content (AvgIpc) is 2.53. The van der Waals surface area contributed by atoms with Crippen molar-refractivity contribution < 1.29 is 4.74 Å². The van der Waals surface area contributed by atoms with Crippen molar-refractivity contribution in [1.82, 2.24) is 15.0 Å². The quantitative estimate of drug-likeness (QED) is 0.902. The number of ether oxygens (including phenoxy) is 1. The van der Waals surface area contributed by atoms with Gasteiger partial charge in [0.15, 0.2) is 0 Å². The standard InChI is InChI=1S/C13H14N6O/c1-15-11-16-12(18-13(17-11)20-3)19(2)10-7-5-4-6-9(10)8-14/h4-7H,1-3H3,(H,15,16,17,18). The summed E-state index contributed by atoms with van der Waals surface area (Å²) in [6.07, 6.45) is 0. The molecule has 0 saturated heterocycles. The second-order valence-electron chi connectivity index (χ2n) is 3.88. The van der Waals surface area contributed by atoms with E-state index in [1.165, 1.54) is 7.11 Å². The molecular formula is C13H14N6O. The number of hydrogen-bond donors (Lipinski definition) is 1. The van der Waals surface area contributed by atoms with Gasteiger partial charge in [-0.3, -0.25) is 0 Å². The fourth-order valence-electron chi connectivity index (χ4n) is 1.67. The lowest BCUT2D eigenvalue weighted by atomic mass is 10.2. The van der Waals surface area contributed by atoms with E-state index in [1.54, 1.807) is 25.1 Å². The van der Waals surface area contributed by atoms with Gasteiger partial charge in [0.2, 0.25) is 11.9 Å². The van der Waals surface area contributed by atoms with Gasteiger partial charge in [-0.15, -0.1) is 0 Å². The Morgan fingerprint density at radius 3 is 2.65 bits per heavy atom. The van der Waals surface area contributed by atoms with Crippen LogP contribution in [0.4, 0.5) is 17.6 Å². The summed E-state index contributed by atoms with van der Waals surface area (Å²) in [5.41, 5.74) is 1.26. The Balaban J connectivity index is 2.47. The van der Waals surface area contributed by atoms with Gasteiger partial charge in [-0.1, -0.05) is 12.1 Å². The fourth-order valence-corrected chi connectivity index (χ4v) is 1.67. The summed E-state index contributed by atoms with van der Waals surface area (Å²) in [6, 6.07) is 9.58. The topological polar surface area (TPSA) is 87.0 Å². The Hall–Kier alpha value is -2.88. The first-order chi connectivity index (χ1) is 9.69. The first kappa shape index (κ1) is 13.5. The zero-order chi connectivity index (χ0) is 14.5. The molecule has 0 atom stereocenters. The summed E-state index contributed by atoms with van der Waals surface area (Å²) in [4.78, 5) is 14.2. The lowest BCUT2D eigenvalue weighted by Crippen LogP contribution is -2.16. The molecule has 0 aliphatic carbocycles. The molecule has 102 valence electrons. The summed E-state index contributed by atoms with van der Waals surface area (Å²) in [5, 5.41) is 12.0. The van der Waals surface area contributed by atoms with Gasteiger partial charge in [-0.05, 0) is 12.1 Å². The molecule has 0 saturated carbocycles. The summed E-state index contributed by atoms with van der Waals surface area (Å²) >= 11 is 0. The molecule has 0 fully saturated rings. The minimum absolute atomic E-state index is 0.209. The zero-order valence-electron chi connectivity index (χ0n) is 11.5. The number of methoxy groups -OCH3 is 1.